The predicted octanol–water partition coefficient (Wildman–Crippen LogP) is 0.733. The van der Waals surface area contributed by atoms with Crippen molar-refractivity contribution in [1.82, 2.24) is 10.3 Å². The molecular weight excluding hydrogens is 344 g/mol. The SMILES string of the molecule is CC(N)C(=O)[N@@+]1(C(=O)C2NC(=O)OC2C)CC[C@H](c2cscn2)[C@H]1C. The molecule has 0 saturated carbocycles. The van der Waals surface area contributed by atoms with Crippen LogP contribution in [0.2, 0.25) is 0 Å². The standard InChI is InChI=1S/C16H22N4O4S/c1-8(17)14(21)20(15(22)13-10(3)24-16(23)19-13)5-4-11(9(20)2)12-6-25-7-18-12/h6-11,13H,4-5,17H2,1-3H3/p+1/t8?,9-,10?,11+,13?,20-/m1/s1. The number of thiazole rings is 1. The summed E-state index contributed by atoms with van der Waals surface area (Å²) in [6, 6.07) is -1.95. The summed E-state index contributed by atoms with van der Waals surface area (Å²) < 4.78 is 4.66. The number of imide groups is 1. The molecule has 1 aromatic heterocycles. The van der Waals surface area contributed by atoms with E-state index in [-0.39, 0.29) is 28.3 Å². The Morgan fingerprint density at radius 2 is 2.20 bits per heavy atom. The number of nitrogens with zero attached hydrogens (tertiary/aromatic N) is 2. The van der Waals surface area contributed by atoms with Crippen LogP contribution in [-0.2, 0) is 14.3 Å². The lowest BCUT2D eigenvalue weighted by Crippen LogP contribution is -2.68. The predicted molar refractivity (Wildman–Crippen MR) is 90.6 cm³/mol. The summed E-state index contributed by atoms with van der Waals surface area (Å²) in [5.74, 6) is -0.694. The van der Waals surface area contributed by atoms with Crippen LogP contribution in [-0.4, -0.2) is 58.1 Å². The molecule has 3 amide bonds. The number of cyclic esters (lactones) is 1. The molecule has 0 aromatic carbocycles. The number of alkyl carbamates (subject to hydrolysis) is 1. The molecule has 3 rings (SSSR count). The van der Waals surface area contributed by atoms with Gasteiger partial charge in [0, 0.05) is 11.8 Å². The number of hydrogen-bond donors (Lipinski definition) is 2. The number of nitrogens with two attached hydrogens (primary N) is 1. The molecule has 0 radical (unpaired) electrons. The Balaban J connectivity index is 1.99. The second kappa shape index (κ2) is 6.47. The highest BCUT2D eigenvalue weighted by Gasteiger charge is 2.61. The third-order valence-corrected chi connectivity index (χ3v) is 5.98. The van der Waals surface area contributed by atoms with Crippen LogP contribution in [0.25, 0.3) is 0 Å². The fourth-order valence-corrected chi connectivity index (χ4v) is 4.63. The lowest BCUT2D eigenvalue weighted by molar-refractivity contribution is -0.792. The summed E-state index contributed by atoms with van der Waals surface area (Å²) in [6.45, 7) is 5.47. The smallest absolute Gasteiger partial charge is 0.408 e. The monoisotopic (exact) mass is 367 g/mol. The van der Waals surface area contributed by atoms with Crippen molar-refractivity contribution in [2.75, 3.05) is 6.54 Å². The zero-order valence-electron chi connectivity index (χ0n) is 14.5. The van der Waals surface area contributed by atoms with Crippen molar-refractivity contribution in [2.45, 2.75) is 57.3 Å². The van der Waals surface area contributed by atoms with E-state index in [1.165, 1.54) is 11.3 Å². The minimum atomic E-state index is -0.855. The highest BCUT2D eigenvalue weighted by atomic mass is 32.1. The molecule has 9 heteroatoms. The van der Waals surface area contributed by atoms with Gasteiger partial charge in [0.2, 0.25) is 0 Å². The first-order valence-electron chi connectivity index (χ1n) is 8.36. The van der Waals surface area contributed by atoms with E-state index in [4.69, 9.17) is 10.5 Å². The normalized spacial score (nSPS) is 35.9. The lowest BCUT2D eigenvalue weighted by Gasteiger charge is -2.37. The Kier molecular flexibility index (Phi) is 4.65. The Morgan fingerprint density at radius 1 is 1.48 bits per heavy atom. The summed E-state index contributed by atoms with van der Waals surface area (Å²) in [6.07, 6.45) is -0.605. The molecule has 1 aromatic rings. The van der Waals surface area contributed by atoms with Gasteiger partial charge in [0.1, 0.15) is 18.2 Å². The van der Waals surface area contributed by atoms with Crippen molar-refractivity contribution < 1.29 is 23.6 Å². The average molecular weight is 367 g/mol. The molecular formula is C16H23N4O4S+. The van der Waals surface area contributed by atoms with Crippen molar-refractivity contribution in [3.8, 4) is 0 Å². The molecule has 3 unspecified atom stereocenters. The fraction of sp³-hybridized carbons (Fsp3) is 0.625. The van der Waals surface area contributed by atoms with Crippen LogP contribution >= 0.6 is 11.3 Å². The van der Waals surface area contributed by atoms with Gasteiger partial charge in [-0.25, -0.2) is 19.4 Å². The Labute approximate surface area is 149 Å². The Morgan fingerprint density at radius 3 is 2.72 bits per heavy atom. The van der Waals surface area contributed by atoms with Crippen molar-refractivity contribution >= 4 is 29.2 Å². The van der Waals surface area contributed by atoms with E-state index in [2.05, 4.69) is 10.3 Å². The number of nitrogens with one attached hydrogen (secondary N) is 1. The first kappa shape index (κ1) is 18.0. The van der Waals surface area contributed by atoms with E-state index in [0.29, 0.717) is 13.0 Å². The number of carbonyl (C=O) groups excluding carboxylic acids is 3. The van der Waals surface area contributed by atoms with Gasteiger partial charge in [-0.2, -0.15) is 4.48 Å². The first-order valence-corrected chi connectivity index (χ1v) is 9.30. The molecule has 0 bridgehead atoms. The number of quaternary nitrogens is 1. The quantitative estimate of drug-likeness (QED) is 0.762. The molecule has 0 spiro atoms. The van der Waals surface area contributed by atoms with Crippen molar-refractivity contribution in [2.24, 2.45) is 5.73 Å². The summed E-state index contributed by atoms with van der Waals surface area (Å²) in [5, 5.41) is 4.49. The van der Waals surface area contributed by atoms with E-state index >= 15 is 0 Å². The molecule has 2 saturated heterocycles. The molecule has 2 fully saturated rings. The minimum absolute atomic E-state index is 0.00812. The first-order chi connectivity index (χ1) is 11.8. The molecule has 2 aliphatic heterocycles. The Hall–Kier alpha value is -1.84. The number of rotatable bonds is 3. The molecule has 2 aliphatic rings. The molecule has 3 heterocycles. The second-order valence-electron chi connectivity index (χ2n) is 6.84. The average Bonchev–Trinajstić information content (AvgIpc) is 3.26. The van der Waals surface area contributed by atoms with E-state index in [1.807, 2.05) is 12.3 Å². The summed E-state index contributed by atoms with van der Waals surface area (Å²) in [4.78, 5) is 42.3. The van der Waals surface area contributed by atoms with E-state index in [1.54, 1.807) is 19.4 Å². The van der Waals surface area contributed by atoms with Gasteiger partial charge in [-0.05, 0) is 20.8 Å². The summed E-state index contributed by atoms with van der Waals surface area (Å²) in [7, 11) is 0. The highest BCUT2D eigenvalue weighted by Crippen LogP contribution is 2.40. The van der Waals surface area contributed by atoms with Gasteiger partial charge in [-0.15, -0.1) is 11.3 Å². The molecule has 3 N–H and O–H groups in total. The van der Waals surface area contributed by atoms with Gasteiger partial charge < -0.3 is 15.8 Å². The molecule has 8 nitrogen and oxygen atoms in total. The van der Waals surface area contributed by atoms with Gasteiger partial charge in [0.05, 0.1) is 23.7 Å². The van der Waals surface area contributed by atoms with E-state index in [9.17, 15) is 14.4 Å². The van der Waals surface area contributed by atoms with Crippen molar-refractivity contribution in [3.63, 3.8) is 0 Å². The van der Waals surface area contributed by atoms with Crippen LogP contribution in [0.1, 0.15) is 38.8 Å². The van der Waals surface area contributed by atoms with Crippen LogP contribution < -0.4 is 11.1 Å². The maximum atomic E-state index is 13.4. The van der Waals surface area contributed by atoms with Gasteiger partial charge in [0.15, 0.2) is 6.04 Å². The van der Waals surface area contributed by atoms with Gasteiger partial charge in [0.25, 0.3) is 0 Å². The second-order valence-corrected chi connectivity index (χ2v) is 7.56. The third-order valence-electron chi connectivity index (χ3n) is 5.38. The number of aromatic nitrogens is 1. The molecule has 6 atom stereocenters. The van der Waals surface area contributed by atoms with Crippen LogP contribution in [0.3, 0.4) is 0 Å². The largest absolute Gasteiger partial charge is 0.444 e. The zero-order valence-corrected chi connectivity index (χ0v) is 15.3. The van der Waals surface area contributed by atoms with Crippen LogP contribution in [0.15, 0.2) is 10.9 Å². The topological polar surface area (TPSA) is 111 Å². The third kappa shape index (κ3) is 2.76. The van der Waals surface area contributed by atoms with E-state index in [0.717, 1.165) is 5.69 Å². The maximum absolute atomic E-state index is 13.4. The van der Waals surface area contributed by atoms with Gasteiger partial charge in [-0.3, -0.25) is 0 Å². The van der Waals surface area contributed by atoms with Gasteiger partial charge in [-0.1, -0.05) is 0 Å². The maximum Gasteiger partial charge on any atom is 0.408 e. The highest BCUT2D eigenvalue weighted by molar-refractivity contribution is 7.07. The number of carbonyl (C=O) groups is 3. The van der Waals surface area contributed by atoms with Gasteiger partial charge >= 0.3 is 17.9 Å². The van der Waals surface area contributed by atoms with Crippen LogP contribution in [0.5, 0.6) is 0 Å². The number of likely N-dealkylation sites (tertiary alicyclic amines) is 1. The summed E-state index contributed by atoms with van der Waals surface area (Å²) >= 11 is 1.49. The molecule has 136 valence electrons. The fourth-order valence-electron chi connectivity index (χ4n) is 4.01. The minimum Gasteiger partial charge on any atom is -0.444 e. The van der Waals surface area contributed by atoms with Crippen molar-refractivity contribution in [3.05, 3.63) is 16.6 Å². The Bertz CT molecular complexity index is 692. The molecule has 0 aliphatic carbocycles. The van der Waals surface area contributed by atoms with Crippen LogP contribution in [0.4, 0.5) is 4.79 Å². The lowest BCUT2D eigenvalue weighted by atomic mass is 9.97. The number of amides is 3. The van der Waals surface area contributed by atoms with Crippen LogP contribution in [0, 0.1) is 0 Å². The molecule has 25 heavy (non-hydrogen) atoms. The van der Waals surface area contributed by atoms with Crippen molar-refractivity contribution in [1.29, 1.82) is 0 Å². The number of ether oxygens (including phenoxy) is 1. The van der Waals surface area contributed by atoms with E-state index < -0.39 is 24.3 Å². The zero-order chi connectivity index (χ0) is 18.4. The number of hydrogen-bond acceptors (Lipinski definition) is 7. The summed E-state index contributed by atoms with van der Waals surface area (Å²) in [5.41, 5.74) is 8.51.